The van der Waals surface area contributed by atoms with E-state index in [4.69, 9.17) is 0 Å². The molecule has 0 amide bonds. The molecule has 0 radical (unpaired) electrons. The number of carbonyl (C=O) groups is 1. The van der Waals surface area contributed by atoms with Crippen molar-refractivity contribution in [3.8, 4) is 11.1 Å². The van der Waals surface area contributed by atoms with E-state index in [0.29, 0.717) is 6.54 Å². The Kier molecular flexibility index (Phi) is 6.74. The second-order valence-electron chi connectivity index (χ2n) is 6.73. The second-order valence-corrected chi connectivity index (χ2v) is 6.73. The fraction of sp³-hybridized carbons (Fsp3) is 0.208. The Bertz CT molecular complexity index is 1030. The molecule has 0 aliphatic rings. The summed E-state index contributed by atoms with van der Waals surface area (Å²) in [4.78, 5) is 15.9. The summed E-state index contributed by atoms with van der Waals surface area (Å²) in [5.74, 6) is 0.850. The van der Waals surface area contributed by atoms with Crippen LogP contribution in [0.2, 0.25) is 0 Å². The van der Waals surface area contributed by atoms with E-state index in [-0.39, 0.29) is 5.56 Å². The molecule has 5 nitrogen and oxygen atoms in total. The number of rotatable bonds is 8. The Morgan fingerprint density at radius 2 is 1.72 bits per heavy atom. The maximum Gasteiger partial charge on any atom is 0.335 e. The van der Waals surface area contributed by atoms with Gasteiger partial charge in [-0.15, -0.1) is 0 Å². The number of aromatic nitrogens is 3. The lowest BCUT2D eigenvalue weighted by molar-refractivity contribution is 0.0697. The summed E-state index contributed by atoms with van der Waals surface area (Å²) >= 11 is 0. The maximum absolute atomic E-state index is 11.2. The maximum atomic E-state index is 11.2. The summed E-state index contributed by atoms with van der Waals surface area (Å²) in [7, 11) is 0. The molecule has 1 heterocycles. The van der Waals surface area contributed by atoms with Crippen molar-refractivity contribution in [1.82, 2.24) is 14.8 Å². The molecule has 148 valence electrons. The Morgan fingerprint density at radius 3 is 2.41 bits per heavy atom. The standard InChI is InChI=1S/C24H25N3O2/c1-3-5-10-22-25-23(11-6-4-2)27(26-22)17-18-12-14-19(15-13-18)20-8-7-9-21(16-20)24(28)29/h3-9,12-16H,10-11,17H2,1-2H3,(H,28,29). The van der Waals surface area contributed by atoms with E-state index in [1.807, 2.05) is 48.9 Å². The Balaban J connectivity index is 1.81. The van der Waals surface area contributed by atoms with Gasteiger partial charge in [0.25, 0.3) is 0 Å². The van der Waals surface area contributed by atoms with Gasteiger partial charge >= 0.3 is 5.97 Å². The highest BCUT2D eigenvalue weighted by Gasteiger charge is 2.09. The van der Waals surface area contributed by atoms with Crippen molar-refractivity contribution in [2.24, 2.45) is 0 Å². The van der Waals surface area contributed by atoms with E-state index in [2.05, 4.69) is 34.4 Å². The number of carboxylic acid groups (broad SMARTS) is 1. The van der Waals surface area contributed by atoms with Crippen molar-refractivity contribution in [1.29, 1.82) is 0 Å². The van der Waals surface area contributed by atoms with Crippen LogP contribution in [0.3, 0.4) is 0 Å². The average molecular weight is 387 g/mol. The van der Waals surface area contributed by atoms with E-state index in [9.17, 15) is 9.90 Å². The van der Waals surface area contributed by atoms with E-state index in [1.54, 1.807) is 18.2 Å². The molecule has 0 aliphatic heterocycles. The van der Waals surface area contributed by atoms with Crippen molar-refractivity contribution in [3.05, 3.63) is 95.6 Å². The van der Waals surface area contributed by atoms with Crippen LogP contribution in [0.25, 0.3) is 11.1 Å². The first-order valence-electron chi connectivity index (χ1n) is 9.68. The zero-order valence-electron chi connectivity index (χ0n) is 16.7. The molecule has 0 bridgehead atoms. The Labute approximate surface area is 171 Å². The van der Waals surface area contributed by atoms with Crippen LogP contribution in [0, 0.1) is 0 Å². The largest absolute Gasteiger partial charge is 0.478 e. The van der Waals surface area contributed by atoms with Crippen LogP contribution >= 0.6 is 0 Å². The van der Waals surface area contributed by atoms with Crippen LogP contribution in [0.4, 0.5) is 0 Å². The van der Waals surface area contributed by atoms with E-state index in [0.717, 1.165) is 41.2 Å². The summed E-state index contributed by atoms with van der Waals surface area (Å²) in [6.07, 6.45) is 9.64. The highest BCUT2D eigenvalue weighted by Crippen LogP contribution is 2.21. The highest BCUT2D eigenvalue weighted by molar-refractivity contribution is 5.89. The number of aromatic carboxylic acids is 1. The normalized spacial score (nSPS) is 11.5. The summed E-state index contributed by atoms with van der Waals surface area (Å²) in [5.41, 5.74) is 3.28. The third kappa shape index (κ3) is 5.29. The molecule has 1 aromatic heterocycles. The van der Waals surface area contributed by atoms with Crippen molar-refractivity contribution in [2.45, 2.75) is 33.2 Å². The highest BCUT2D eigenvalue weighted by atomic mass is 16.4. The van der Waals surface area contributed by atoms with Crippen molar-refractivity contribution < 1.29 is 9.90 Å². The number of hydrogen-bond donors (Lipinski definition) is 1. The van der Waals surface area contributed by atoms with Gasteiger partial charge in [-0.25, -0.2) is 14.5 Å². The lowest BCUT2D eigenvalue weighted by atomic mass is 10.0. The smallest absolute Gasteiger partial charge is 0.335 e. The van der Waals surface area contributed by atoms with Crippen LogP contribution in [0.1, 0.15) is 41.4 Å². The molecule has 0 spiro atoms. The molecular formula is C24H25N3O2. The third-order valence-corrected chi connectivity index (χ3v) is 4.59. The summed E-state index contributed by atoms with van der Waals surface area (Å²) in [6, 6.07) is 15.1. The number of hydrogen-bond acceptors (Lipinski definition) is 3. The molecule has 29 heavy (non-hydrogen) atoms. The lowest BCUT2D eigenvalue weighted by Gasteiger charge is -2.07. The van der Waals surface area contributed by atoms with Crippen molar-refractivity contribution >= 4 is 5.97 Å². The molecule has 0 saturated heterocycles. The van der Waals surface area contributed by atoms with Gasteiger partial charge in [0, 0.05) is 12.8 Å². The van der Waals surface area contributed by atoms with Crippen LogP contribution in [0.15, 0.2) is 72.8 Å². The molecular weight excluding hydrogens is 362 g/mol. The van der Waals surface area contributed by atoms with Crippen molar-refractivity contribution in [2.75, 3.05) is 0 Å². The number of nitrogens with zero attached hydrogens (tertiary/aromatic N) is 3. The second kappa shape index (κ2) is 9.64. The van der Waals surface area contributed by atoms with Gasteiger partial charge < -0.3 is 5.11 Å². The van der Waals surface area contributed by atoms with Gasteiger partial charge in [0.15, 0.2) is 5.82 Å². The lowest BCUT2D eigenvalue weighted by Crippen LogP contribution is -2.06. The van der Waals surface area contributed by atoms with Crippen LogP contribution in [-0.2, 0) is 19.4 Å². The monoisotopic (exact) mass is 387 g/mol. The summed E-state index contributed by atoms with van der Waals surface area (Å²) < 4.78 is 1.96. The van der Waals surface area contributed by atoms with E-state index < -0.39 is 5.97 Å². The zero-order valence-corrected chi connectivity index (χ0v) is 16.7. The molecule has 0 saturated carbocycles. The van der Waals surface area contributed by atoms with E-state index >= 15 is 0 Å². The molecule has 2 aromatic carbocycles. The van der Waals surface area contributed by atoms with Gasteiger partial charge in [-0.1, -0.05) is 60.7 Å². The average Bonchev–Trinajstić information content (AvgIpc) is 3.12. The van der Waals surface area contributed by atoms with E-state index in [1.165, 1.54) is 0 Å². The number of carboxylic acids is 1. The van der Waals surface area contributed by atoms with Gasteiger partial charge in [-0.3, -0.25) is 0 Å². The number of allylic oxidation sites excluding steroid dienone is 4. The van der Waals surface area contributed by atoms with Gasteiger partial charge in [-0.05, 0) is 42.7 Å². The Hall–Kier alpha value is -3.47. The fourth-order valence-corrected chi connectivity index (χ4v) is 3.04. The summed E-state index contributed by atoms with van der Waals surface area (Å²) in [6.45, 7) is 4.64. The first kappa shape index (κ1) is 20.3. The predicted octanol–water partition coefficient (Wildman–Crippen LogP) is 4.93. The molecule has 3 aromatic rings. The van der Waals surface area contributed by atoms with Crippen LogP contribution < -0.4 is 0 Å². The molecule has 1 N–H and O–H groups in total. The molecule has 3 rings (SSSR count). The minimum absolute atomic E-state index is 0.288. The fourth-order valence-electron chi connectivity index (χ4n) is 3.04. The van der Waals surface area contributed by atoms with Crippen molar-refractivity contribution in [3.63, 3.8) is 0 Å². The van der Waals surface area contributed by atoms with Gasteiger partial charge in [-0.2, -0.15) is 5.10 Å². The molecule has 0 atom stereocenters. The first-order chi connectivity index (χ1) is 14.1. The van der Waals surface area contributed by atoms with Gasteiger partial charge in [0.1, 0.15) is 5.82 Å². The zero-order chi connectivity index (χ0) is 20.6. The molecule has 5 heteroatoms. The predicted molar refractivity (Wildman–Crippen MR) is 115 cm³/mol. The molecule has 0 fully saturated rings. The SMILES string of the molecule is CC=CCc1nc(CC=CC)n(Cc2ccc(-c3cccc(C(=O)O)c3)cc2)n1. The molecule has 0 unspecified atom stereocenters. The van der Waals surface area contributed by atoms with Gasteiger partial charge in [0.05, 0.1) is 12.1 Å². The first-order valence-corrected chi connectivity index (χ1v) is 9.68. The minimum Gasteiger partial charge on any atom is -0.478 e. The van der Waals surface area contributed by atoms with Crippen LogP contribution in [0.5, 0.6) is 0 Å². The summed E-state index contributed by atoms with van der Waals surface area (Å²) in [5, 5.41) is 13.8. The third-order valence-electron chi connectivity index (χ3n) is 4.59. The molecule has 0 aliphatic carbocycles. The topological polar surface area (TPSA) is 68.0 Å². The number of benzene rings is 2. The Morgan fingerprint density at radius 1 is 1.00 bits per heavy atom. The van der Waals surface area contributed by atoms with Crippen LogP contribution in [-0.4, -0.2) is 25.8 Å². The van der Waals surface area contributed by atoms with Gasteiger partial charge in [0.2, 0.25) is 0 Å². The minimum atomic E-state index is -0.919. The quantitative estimate of drug-likeness (QED) is 0.557.